The summed E-state index contributed by atoms with van der Waals surface area (Å²) in [6.07, 6.45) is 3.82. The van der Waals surface area contributed by atoms with Crippen LogP contribution in [0.3, 0.4) is 0 Å². The molecular weight excluding hydrogens is 508 g/mol. The topological polar surface area (TPSA) is 132 Å². The van der Waals surface area contributed by atoms with Gasteiger partial charge in [0.15, 0.2) is 11.0 Å². The van der Waals surface area contributed by atoms with E-state index in [0.29, 0.717) is 33.7 Å². The molecule has 2 aromatic heterocycles. The van der Waals surface area contributed by atoms with Crippen molar-refractivity contribution in [1.82, 2.24) is 20.1 Å². The quantitative estimate of drug-likeness (QED) is 0.330. The number of hydrogen-bond acceptors (Lipinski definition) is 7. The van der Waals surface area contributed by atoms with Crippen molar-refractivity contribution in [1.29, 1.82) is 0 Å². The molecule has 0 fully saturated rings. The molecule has 0 radical (unpaired) electrons. The Labute approximate surface area is 224 Å². The Morgan fingerprint density at radius 3 is 2.54 bits per heavy atom. The first-order valence-corrected chi connectivity index (χ1v) is 14.3. The van der Waals surface area contributed by atoms with Crippen LogP contribution >= 0.6 is 23.1 Å². The lowest BCUT2D eigenvalue weighted by atomic mass is 9.95. The minimum atomic E-state index is -0.505. The van der Waals surface area contributed by atoms with Crippen molar-refractivity contribution in [2.45, 2.75) is 64.2 Å². The number of nitrogens with zero attached hydrogens (tertiary/aromatic N) is 3. The number of nitrogens with two attached hydrogens (primary N) is 1. The number of primary amides is 1. The van der Waals surface area contributed by atoms with Crippen molar-refractivity contribution in [3.05, 3.63) is 57.7 Å². The van der Waals surface area contributed by atoms with Gasteiger partial charge in [-0.1, -0.05) is 43.8 Å². The molecule has 0 spiro atoms. The van der Waals surface area contributed by atoms with Crippen molar-refractivity contribution in [3.8, 4) is 0 Å². The molecule has 0 saturated heterocycles. The second kappa shape index (κ2) is 11.9. The molecule has 196 valence electrons. The van der Waals surface area contributed by atoms with Crippen molar-refractivity contribution in [2.75, 3.05) is 11.1 Å². The number of fused-ring (bicyclic) bond motifs is 1. The Kier molecular flexibility index (Phi) is 8.65. The van der Waals surface area contributed by atoms with Gasteiger partial charge in [-0.25, -0.2) is 0 Å². The van der Waals surface area contributed by atoms with E-state index in [4.69, 9.17) is 5.73 Å². The molecule has 3 amide bonds. The summed E-state index contributed by atoms with van der Waals surface area (Å²) in [6, 6.07) is 8.71. The number of carbonyl (C=O) groups excluding carboxylic acids is 3. The zero-order valence-electron chi connectivity index (χ0n) is 21.2. The van der Waals surface area contributed by atoms with E-state index < -0.39 is 5.91 Å². The van der Waals surface area contributed by atoms with Crippen LogP contribution in [0.25, 0.3) is 0 Å². The molecule has 11 heteroatoms. The van der Waals surface area contributed by atoms with Gasteiger partial charge in [-0.05, 0) is 56.2 Å². The average molecular weight is 541 g/mol. The highest BCUT2D eigenvalue weighted by Crippen LogP contribution is 2.38. The molecule has 1 aliphatic carbocycles. The smallest absolute Gasteiger partial charge is 0.251 e. The first kappa shape index (κ1) is 26.9. The van der Waals surface area contributed by atoms with Crippen LogP contribution in [-0.2, 0) is 24.2 Å². The van der Waals surface area contributed by atoms with Crippen LogP contribution in [0.5, 0.6) is 0 Å². The molecule has 0 aliphatic heterocycles. The Balaban J connectivity index is 1.46. The molecule has 37 heavy (non-hydrogen) atoms. The van der Waals surface area contributed by atoms with Crippen LogP contribution in [0.1, 0.15) is 76.6 Å². The third-order valence-corrected chi connectivity index (χ3v) is 8.51. The molecule has 1 atom stereocenters. The van der Waals surface area contributed by atoms with Gasteiger partial charge in [-0.2, -0.15) is 0 Å². The summed E-state index contributed by atoms with van der Waals surface area (Å²) in [7, 11) is 0. The van der Waals surface area contributed by atoms with Crippen LogP contribution in [0.4, 0.5) is 5.00 Å². The second-order valence-electron chi connectivity index (χ2n) is 9.26. The predicted octanol–water partition coefficient (Wildman–Crippen LogP) is 4.20. The van der Waals surface area contributed by atoms with E-state index in [0.717, 1.165) is 36.1 Å². The molecule has 1 aliphatic rings. The number of hydrogen-bond donors (Lipinski definition) is 3. The molecular formula is C26H32N6O3S2. The van der Waals surface area contributed by atoms with Gasteiger partial charge >= 0.3 is 0 Å². The van der Waals surface area contributed by atoms with Crippen molar-refractivity contribution in [3.63, 3.8) is 0 Å². The summed E-state index contributed by atoms with van der Waals surface area (Å²) in [5.74, 6) is -0.109. The van der Waals surface area contributed by atoms with Gasteiger partial charge < -0.3 is 20.9 Å². The van der Waals surface area contributed by atoms with Crippen molar-refractivity contribution in [2.24, 2.45) is 11.7 Å². The van der Waals surface area contributed by atoms with E-state index in [1.54, 1.807) is 12.1 Å². The van der Waals surface area contributed by atoms with Crippen molar-refractivity contribution < 1.29 is 14.4 Å². The summed E-state index contributed by atoms with van der Waals surface area (Å²) in [5, 5.41) is 15.8. The Hall–Kier alpha value is -3.18. The number of thiophene rings is 1. The molecule has 4 N–H and O–H groups in total. The first-order chi connectivity index (χ1) is 17.8. The van der Waals surface area contributed by atoms with Gasteiger partial charge in [0, 0.05) is 17.0 Å². The zero-order chi connectivity index (χ0) is 26.5. The molecule has 2 heterocycles. The molecule has 0 bridgehead atoms. The minimum Gasteiger partial charge on any atom is -0.365 e. The summed E-state index contributed by atoms with van der Waals surface area (Å²) in [6.45, 7) is 6.59. The number of nitrogens with one attached hydrogen (secondary N) is 2. The van der Waals surface area contributed by atoms with E-state index >= 15 is 0 Å². The van der Waals surface area contributed by atoms with E-state index in [1.807, 2.05) is 43.5 Å². The minimum absolute atomic E-state index is 0.0698. The third-order valence-electron chi connectivity index (χ3n) is 6.33. The molecule has 4 rings (SSSR count). The second-order valence-corrected chi connectivity index (χ2v) is 11.3. The maximum Gasteiger partial charge on any atom is 0.251 e. The highest BCUT2D eigenvalue weighted by atomic mass is 32.2. The van der Waals surface area contributed by atoms with E-state index in [1.165, 1.54) is 23.1 Å². The number of aryl methyl sites for hydroxylation is 1. The number of thioether (sulfide) groups is 1. The van der Waals surface area contributed by atoms with E-state index in [-0.39, 0.29) is 29.5 Å². The fourth-order valence-corrected chi connectivity index (χ4v) is 6.61. The molecule has 0 unspecified atom stereocenters. The number of benzene rings is 1. The molecule has 9 nitrogen and oxygen atoms in total. The molecule has 0 saturated carbocycles. The lowest BCUT2D eigenvalue weighted by Crippen LogP contribution is -2.33. The van der Waals surface area contributed by atoms with Crippen molar-refractivity contribution >= 4 is 45.8 Å². The Morgan fingerprint density at radius 2 is 1.86 bits per heavy atom. The largest absolute Gasteiger partial charge is 0.365 e. The lowest BCUT2D eigenvalue weighted by molar-refractivity contribution is -0.113. The normalized spacial score (nSPS) is 13.7. The Morgan fingerprint density at radius 1 is 1.14 bits per heavy atom. The van der Waals surface area contributed by atoms with Gasteiger partial charge in [0.25, 0.3) is 11.8 Å². The third kappa shape index (κ3) is 6.04. The number of amides is 3. The number of rotatable bonds is 10. The summed E-state index contributed by atoms with van der Waals surface area (Å²) >= 11 is 2.71. The van der Waals surface area contributed by atoms with Crippen LogP contribution in [0.15, 0.2) is 35.5 Å². The summed E-state index contributed by atoms with van der Waals surface area (Å²) < 4.78 is 1.92. The molecule has 3 aromatic rings. The van der Waals surface area contributed by atoms with Gasteiger partial charge in [-0.15, -0.1) is 21.5 Å². The van der Waals surface area contributed by atoms with Crippen LogP contribution < -0.4 is 16.4 Å². The highest BCUT2D eigenvalue weighted by molar-refractivity contribution is 7.99. The van der Waals surface area contributed by atoms with E-state index in [2.05, 4.69) is 20.8 Å². The summed E-state index contributed by atoms with van der Waals surface area (Å²) in [5.41, 5.74) is 7.66. The summed E-state index contributed by atoms with van der Waals surface area (Å²) in [4.78, 5) is 38.9. The van der Waals surface area contributed by atoms with Crippen LogP contribution in [0.2, 0.25) is 0 Å². The Bertz CT molecular complexity index is 1280. The van der Waals surface area contributed by atoms with Gasteiger partial charge in [-0.3, -0.25) is 14.4 Å². The fraction of sp³-hybridized carbons (Fsp3) is 0.423. The average Bonchev–Trinajstić information content (AvgIpc) is 3.46. The maximum atomic E-state index is 12.8. The maximum absolute atomic E-state index is 12.8. The van der Waals surface area contributed by atoms with Crippen LogP contribution in [0, 0.1) is 5.92 Å². The lowest BCUT2D eigenvalue weighted by Gasteiger charge is -2.22. The van der Waals surface area contributed by atoms with Gasteiger partial charge in [0.1, 0.15) is 5.00 Å². The highest BCUT2D eigenvalue weighted by Gasteiger charge is 2.27. The zero-order valence-corrected chi connectivity index (χ0v) is 22.9. The standard InChI is InChI=1S/C26H32N6O3S2/c1-4-32-23(21(15(2)3)29-24(35)16-10-6-5-7-11-16)30-31-26(32)36-14-19(33)28-25-20(22(27)34)17-12-8-9-13-18(17)37-25/h5-7,10-11,15,21H,4,8-9,12-14H2,1-3H3,(H2,27,34)(H,28,33)(H,29,35)/t21-/m1/s1. The number of aromatic nitrogens is 3. The monoisotopic (exact) mass is 540 g/mol. The van der Waals surface area contributed by atoms with Gasteiger partial charge in [0.2, 0.25) is 5.91 Å². The fourth-order valence-electron chi connectivity index (χ4n) is 4.48. The van der Waals surface area contributed by atoms with E-state index in [9.17, 15) is 14.4 Å². The van der Waals surface area contributed by atoms with Crippen LogP contribution in [-0.4, -0.2) is 38.2 Å². The SMILES string of the molecule is CCn1c(SCC(=O)Nc2sc3c(c2C(N)=O)CCCC3)nnc1[C@H](NC(=O)c1ccccc1)C(C)C. The number of anilines is 1. The molecule has 1 aromatic carbocycles. The predicted molar refractivity (Wildman–Crippen MR) is 146 cm³/mol. The number of carbonyl (C=O) groups is 3. The first-order valence-electron chi connectivity index (χ1n) is 12.5. The van der Waals surface area contributed by atoms with Gasteiger partial charge in [0.05, 0.1) is 17.4 Å².